The average Bonchev–Trinajstić information content (AvgIpc) is 2.75. The van der Waals surface area contributed by atoms with Crippen molar-refractivity contribution in [3.8, 4) is 0 Å². The highest BCUT2D eigenvalue weighted by molar-refractivity contribution is 5.65. The molecule has 0 fully saturated rings. The number of carboxylic acid groups (broad SMARTS) is 1. The lowest BCUT2D eigenvalue weighted by molar-refractivity contribution is -0.877. The molecule has 4 nitrogen and oxygen atoms in total. The van der Waals surface area contributed by atoms with E-state index >= 15 is 0 Å². The van der Waals surface area contributed by atoms with Crippen LogP contribution < -0.4 is 5.11 Å². The minimum atomic E-state index is -0.986. The number of quaternary nitrogens is 1. The average molecular weight is 484 g/mol. The molecule has 0 aromatic carbocycles. The van der Waals surface area contributed by atoms with Crippen LogP contribution in [0.1, 0.15) is 149 Å². The van der Waals surface area contributed by atoms with E-state index in [1.807, 2.05) is 0 Å². The normalized spacial score (nSPS) is 13.8. The van der Waals surface area contributed by atoms with E-state index in [-0.39, 0.29) is 6.42 Å². The zero-order valence-corrected chi connectivity index (χ0v) is 23.9. The number of carbonyl (C=O) groups excluding carboxylic acids is 1. The number of carboxylic acids is 1. The summed E-state index contributed by atoms with van der Waals surface area (Å²) in [4.78, 5) is 11.6. The van der Waals surface area contributed by atoms with Gasteiger partial charge in [0.15, 0.2) is 0 Å². The van der Waals surface area contributed by atoms with Crippen LogP contribution in [-0.4, -0.2) is 50.3 Å². The van der Waals surface area contributed by atoms with Gasteiger partial charge in [-0.2, -0.15) is 0 Å². The SMILES string of the molecule is CCCCCCCCCCCCCCCCCCC(CC(=O)[O-])(C[N+](C)(C)C)OCCCCC. The summed E-state index contributed by atoms with van der Waals surface area (Å²) >= 11 is 0. The maximum Gasteiger partial charge on any atom is 0.122 e. The van der Waals surface area contributed by atoms with Crippen LogP contribution in [0.2, 0.25) is 0 Å². The fourth-order valence-electron chi connectivity index (χ4n) is 5.16. The summed E-state index contributed by atoms with van der Waals surface area (Å²) in [6, 6.07) is 0. The smallest absolute Gasteiger partial charge is 0.122 e. The lowest BCUT2D eigenvalue weighted by Gasteiger charge is -2.40. The number of ether oxygens (including phenoxy) is 1. The molecular weight excluding hydrogens is 422 g/mol. The molecule has 0 N–H and O–H groups in total. The predicted octanol–water partition coefficient (Wildman–Crippen LogP) is 7.43. The van der Waals surface area contributed by atoms with E-state index in [9.17, 15) is 9.90 Å². The summed E-state index contributed by atoms with van der Waals surface area (Å²) in [5, 5.41) is 11.6. The fourth-order valence-corrected chi connectivity index (χ4v) is 5.16. The third-order valence-electron chi connectivity index (χ3n) is 6.87. The topological polar surface area (TPSA) is 49.4 Å². The summed E-state index contributed by atoms with van der Waals surface area (Å²) in [5.41, 5.74) is -0.596. The molecule has 0 aromatic heterocycles. The molecule has 0 aliphatic carbocycles. The molecule has 0 aliphatic heterocycles. The third-order valence-corrected chi connectivity index (χ3v) is 6.87. The first kappa shape index (κ1) is 33.4. The molecule has 204 valence electrons. The predicted molar refractivity (Wildman–Crippen MR) is 145 cm³/mol. The number of hydrogen-bond donors (Lipinski definition) is 0. The van der Waals surface area contributed by atoms with Gasteiger partial charge < -0.3 is 19.1 Å². The van der Waals surface area contributed by atoms with Crippen molar-refractivity contribution in [3.63, 3.8) is 0 Å². The van der Waals surface area contributed by atoms with Gasteiger partial charge in [-0.25, -0.2) is 0 Å². The Morgan fingerprint density at radius 3 is 1.41 bits per heavy atom. The largest absolute Gasteiger partial charge is 0.550 e. The maximum atomic E-state index is 11.6. The van der Waals surface area contributed by atoms with E-state index in [0.29, 0.717) is 17.6 Å². The van der Waals surface area contributed by atoms with E-state index < -0.39 is 11.6 Å². The lowest BCUT2D eigenvalue weighted by Crippen LogP contribution is -2.53. The Labute approximate surface area is 213 Å². The van der Waals surface area contributed by atoms with Gasteiger partial charge in [-0.05, 0) is 12.8 Å². The third kappa shape index (κ3) is 21.9. The second-order valence-corrected chi connectivity index (χ2v) is 11.8. The molecule has 0 bridgehead atoms. The Morgan fingerprint density at radius 2 is 1.03 bits per heavy atom. The van der Waals surface area contributed by atoms with Crippen molar-refractivity contribution in [1.29, 1.82) is 0 Å². The Kier molecular flexibility index (Phi) is 21.3. The number of unbranched alkanes of at least 4 members (excludes halogenated alkanes) is 17. The van der Waals surface area contributed by atoms with E-state index in [1.165, 1.54) is 96.3 Å². The van der Waals surface area contributed by atoms with Gasteiger partial charge in [0.1, 0.15) is 12.1 Å². The van der Waals surface area contributed by atoms with E-state index in [2.05, 4.69) is 35.0 Å². The highest BCUT2D eigenvalue weighted by Crippen LogP contribution is 2.27. The molecule has 1 unspecified atom stereocenters. The minimum Gasteiger partial charge on any atom is -0.550 e. The fraction of sp³-hybridized carbons (Fsp3) is 0.967. The molecule has 0 saturated heterocycles. The van der Waals surface area contributed by atoms with Gasteiger partial charge in [0.2, 0.25) is 0 Å². The quantitative estimate of drug-likeness (QED) is 0.0949. The first-order valence-electron chi connectivity index (χ1n) is 14.9. The molecule has 4 heteroatoms. The van der Waals surface area contributed by atoms with Crippen LogP contribution in [0.15, 0.2) is 0 Å². The zero-order valence-electron chi connectivity index (χ0n) is 23.9. The number of hydrogen-bond acceptors (Lipinski definition) is 3. The number of carbonyl (C=O) groups is 1. The van der Waals surface area contributed by atoms with E-state index in [4.69, 9.17) is 4.74 Å². The summed E-state index contributed by atoms with van der Waals surface area (Å²) in [6.07, 6.45) is 25.7. The maximum absolute atomic E-state index is 11.6. The molecule has 1 atom stereocenters. The summed E-state index contributed by atoms with van der Waals surface area (Å²) in [7, 11) is 6.35. The molecule has 0 heterocycles. The minimum absolute atomic E-state index is 0.00733. The second kappa shape index (κ2) is 21.7. The van der Waals surface area contributed by atoms with Crippen molar-refractivity contribution < 1.29 is 19.1 Å². The monoisotopic (exact) mass is 483 g/mol. The molecule has 0 amide bonds. The number of nitrogens with zero attached hydrogens (tertiary/aromatic N) is 1. The van der Waals surface area contributed by atoms with Gasteiger partial charge in [-0.3, -0.25) is 0 Å². The number of likely N-dealkylation sites (N-methyl/N-ethyl adjacent to an activating group) is 1. The summed E-state index contributed by atoms with van der Waals surface area (Å²) in [5.74, 6) is -0.986. The molecule has 0 spiro atoms. The van der Waals surface area contributed by atoms with Gasteiger partial charge in [-0.15, -0.1) is 0 Å². The second-order valence-electron chi connectivity index (χ2n) is 11.8. The van der Waals surface area contributed by atoms with Gasteiger partial charge in [0.25, 0.3) is 0 Å². The Hall–Kier alpha value is -0.610. The zero-order chi connectivity index (χ0) is 25.5. The van der Waals surface area contributed by atoms with Crippen molar-refractivity contribution in [2.45, 2.75) is 154 Å². The highest BCUT2D eigenvalue weighted by atomic mass is 16.5. The number of rotatable bonds is 26. The summed E-state index contributed by atoms with van der Waals surface area (Å²) < 4.78 is 7.01. The van der Waals surface area contributed by atoms with Crippen LogP contribution in [0.4, 0.5) is 0 Å². The Morgan fingerprint density at radius 1 is 0.647 bits per heavy atom. The van der Waals surface area contributed by atoms with Gasteiger partial charge in [0.05, 0.1) is 21.1 Å². The van der Waals surface area contributed by atoms with Crippen LogP contribution in [0.5, 0.6) is 0 Å². The first-order valence-corrected chi connectivity index (χ1v) is 14.9. The van der Waals surface area contributed by atoms with Crippen LogP contribution >= 0.6 is 0 Å². The van der Waals surface area contributed by atoms with Crippen LogP contribution in [0.25, 0.3) is 0 Å². The Bertz CT molecular complexity index is 460. The van der Waals surface area contributed by atoms with Crippen molar-refractivity contribution in [3.05, 3.63) is 0 Å². The van der Waals surface area contributed by atoms with Gasteiger partial charge in [0, 0.05) is 19.0 Å². The molecule has 0 saturated carbocycles. The first-order chi connectivity index (χ1) is 16.2. The highest BCUT2D eigenvalue weighted by Gasteiger charge is 2.36. The van der Waals surface area contributed by atoms with Crippen molar-refractivity contribution >= 4 is 5.97 Å². The molecule has 0 aromatic rings. The van der Waals surface area contributed by atoms with Crippen molar-refractivity contribution in [1.82, 2.24) is 0 Å². The standard InChI is InChI=1S/C30H61NO3/c1-6-8-10-11-12-13-14-15-16-17-18-19-20-21-22-23-25-30(27-29(32)33,28-31(3,4)5)34-26-24-9-7-2/h6-28H2,1-5H3. The Balaban J connectivity index is 4.03. The van der Waals surface area contributed by atoms with E-state index in [0.717, 1.165) is 32.1 Å². The number of aliphatic carboxylic acids is 1. The molecular formula is C30H61NO3. The van der Waals surface area contributed by atoms with Crippen molar-refractivity contribution in [2.24, 2.45) is 0 Å². The molecule has 0 aliphatic rings. The van der Waals surface area contributed by atoms with Crippen LogP contribution in [-0.2, 0) is 9.53 Å². The molecule has 34 heavy (non-hydrogen) atoms. The summed E-state index contributed by atoms with van der Waals surface area (Å²) in [6.45, 7) is 5.83. The van der Waals surface area contributed by atoms with E-state index in [1.54, 1.807) is 0 Å². The van der Waals surface area contributed by atoms with Gasteiger partial charge in [-0.1, -0.05) is 129 Å². The van der Waals surface area contributed by atoms with Crippen LogP contribution in [0, 0.1) is 0 Å². The molecule has 0 radical (unpaired) electrons. The van der Waals surface area contributed by atoms with Crippen LogP contribution in [0.3, 0.4) is 0 Å². The van der Waals surface area contributed by atoms with Gasteiger partial charge >= 0.3 is 0 Å². The lowest BCUT2D eigenvalue weighted by atomic mass is 9.90. The van der Waals surface area contributed by atoms with Crippen molar-refractivity contribution in [2.75, 3.05) is 34.3 Å². The molecule has 0 rings (SSSR count).